The van der Waals surface area contributed by atoms with Crippen LogP contribution in [0.3, 0.4) is 0 Å². The lowest BCUT2D eigenvalue weighted by Crippen LogP contribution is -2.58. The second-order valence-corrected chi connectivity index (χ2v) is 5.17. The first-order valence-electron chi connectivity index (χ1n) is 5.00. The average Bonchev–Trinajstić information content (AvgIpc) is 2.52. The maximum atomic E-state index is 11.7. The summed E-state index contributed by atoms with van der Waals surface area (Å²) in [4.78, 5) is 35.2. The van der Waals surface area contributed by atoms with Crippen LogP contribution in [0, 0.1) is 5.92 Å². The van der Waals surface area contributed by atoms with Crippen LogP contribution in [-0.2, 0) is 19.1 Å². The van der Waals surface area contributed by atoms with Crippen LogP contribution in [0.5, 0.6) is 0 Å². The molecular weight excluding hydrogens is 246 g/mol. The van der Waals surface area contributed by atoms with E-state index in [0.717, 1.165) is 0 Å². The van der Waals surface area contributed by atoms with E-state index in [0.29, 0.717) is 4.91 Å². The van der Waals surface area contributed by atoms with E-state index < -0.39 is 17.9 Å². The van der Waals surface area contributed by atoms with Crippen molar-refractivity contribution >= 4 is 29.6 Å². The van der Waals surface area contributed by atoms with Gasteiger partial charge >= 0.3 is 11.9 Å². The minimum atomic E-state index is -1.10. The molecule has 0 bridgehead atoms. The highest BCUT2D eigenvalue weighted by atomic mass is 32.2. The Labute approximate surface area is 102 Å². The van der Waals surface area contributed by atoms with Crippen LogP contribution in [0.2, 0.25) is 0 Å². The molecule has 1 N–H and O–H groups in total. The number of carboxylic acids is 1. The maximum Gasteiger partial charge on any atom is 0.353 e. The number of β-lactam (4-membered cyclic amide) rings is 1. The van der Waals surface area contributed by atoms with E-state index in [2.05, 4.69) is 0 Å². The van der Waals surface area contributed by atoms with Crippen LogP contribution in [0.15, 0.2) is 10.6 Å². The minimum Gasteiger partial charge on any atom is -0.477 e. The highest BCUT2D eigenvalue weighted by Crippen LogP contribution is 2.48. The first kappa shape index (κ1) is 12.0. The Bertz CT molecular complexity index is 444. The van der Waals surface area contributed by atoms with Gasteiger partial charge in [-0.05, 0) is 6.92 Å². The zero-order valence-electron chi connectivity index (χ0n) is 9.30. The van der Waals surface area contributed by atoms with Crippen LogP contribution in [0.4, 0.5) is 0 Å². The van der Waals surface area contributed by atoms with Gasteiger partial charge in [-0.1, -0.05) is 0 Å². The number of carbonyl (C=O) groups excluding carboxylic acids is 2. The number of aliphatic carboxylic acids is 1. The number of thioether (sulfide) groups is 1. The number of carboxylic acid groups (broad SMARTS) is 1. The third kappa shape index (κ3) is 1.80. The lowest BCUT2D eigenvalue weighted by atomic mass is 9.98. The number of hydrogen-bond acceptors (Lipinski definition) is 5. The summed E-state index contributed by atoms with van der Waals surface area (Å²) in [6.45, 7) is 2.96. The number of ether oxygens (including phenoxy) is 1. The zero-order valence-corrected chi connectivity index (χ0v) is 10.1. The van der Waals surface area contributed by atoms with Gasteiger partial charge in [0.1, 0.15) is 23.6 Å². The fourth-order valence-electron chi connectivity index (χ4n) is 1.92. The zero-order chi connectivity index (χ0) is 12.7. The number of fused-ring (bicyclic) bond motifs is 1. The van der Waals surface area contributed by atoms with Gasteiger partial charge in [0.15, 0.2) is 0 Å². The summed E-state index contributed by atoms with van der Waals surface area (Å²) in [6, 6.07) is 0. The molecule has 17 heavy (non-hydrogen) atoms. The van der Waals surface area contributed by atoms with Crippen molar-refractivity contribution in [2.24, 2.45) is 5.92 Å². The highest BCUT2D eigenvalue weighted by molar-refractivity contribution is 8.04. The molecule has 0 aromatic heterocycles. The number of nitrogens with zero attached hydrogens (tertiary/aromatic N) is 1. The van der Waals surface area contributed by atoms with E-state index in [4.69, 9.17) is 9.84 Å². The molecule has 92 valence electrons. The molecule has 0 saturated carbocycles. The normalized spacial score (nSPS) is 26.7. The largest absolute Gasteiger partial charge is 0.477 e. The molecule has 7 heteroatoms. The Morgan fingerprint density at radius 2 is 2.18 bits per heavy atom. The van der Waals surface area contributed by atoms with Crippen molar-refractivity contribution in [2.75, 3.05) is 6.61 Å². The van der Waals surface area contributed by atoms with E-state index in [9.17, 15) is 14.4 Å². The fraction of sp³-hybridized carbons (Fsp3) is 0.500. The molecule has 0 spiro atoms. The molecule has 1 saturated heterocycles. The number of amides is 1. The van der Waals surface area contributed by atoms with Crippen LogP contribution >= 0.6 is 11.8 Å². The van der Waals surface area contributed by atoms with Crippen molar-refractivity contribution in [2.45, 2.75) is 19.2 Å². The van der Waals surface area contributed by atoms with Gasteiger partial charge in [0, 0.05) is 11.8 Å². The van der Waals surface area contributed by atoms with Gasteiger partial charge in [-0.15, -0.1) is 11.8 Å². The summed E-state index contributed by atoms with van der Waals surface area (Å²) in [5, 5.41) is 8.73. The van der Waals surface area contributed by atoms with E-state index in [1.54, 1.807) is 6.92 Å². The van der Waals surface area contributed by atoms with Gasteiger partial charge in [-0.2, -0.15) is 0 Å². The average molecular weight is 257 g/mol. The third-order valence-electron chi connectivity index (χ3n) is 2.69. The van der Waals surface area contributed by atoms with Gasteiger partial charge in [-0.25, -0.2) is 4.79 Å². The molecule has 2 atom stereocenters. The van der Waals surface area contributed by atoms with Crippen molar-refractivity contribution in [1.82, 2.24) is 4.90 Å². The fourth-order valence-corrected chi connectivity index (χ4v) is 3.25. The molecule has 2 aliphatic rings. The van der Waals surface area contributed by atoms with E-state index >= 15 is 0 Å². The Morgan fingerprint density at radius 3 is 2.71 bits per heavy atom. The smallest absolute Gasteiger partial charge is 0.353 e. The molecule has 2 aliphatic heterocycles. The summed E-state index contributed by atoms with van der Waals surface area (Å²) in [7, 11) is 0. The molecule has 1 amide bonds. The van der Waals surface area contributed by atoms with Crippen molar-refractivity contribution in [3.8, 4) is 0 Å². The molecule has 6 nitrogen and oxygen atoms in total. The number of carbonyl (C=O) groups is 3. The molecule has 0 aromatic carbocycles. The second-order valence-electron chi connectivity index (χ2n) is 3.84. The Balaban J connectivity index is 2.07. The van der Waals surface area contributed by atoms with Crippen molar-refractivity contribution in [1.29, 1.82) is 0 Å². The number of esters is 1. The molecule has 0 aromatic rings. The Kier molecular flexibility index (Phi) is 2.86. The van der Waals surface area contributed by atoms with E-state index in [1.165, 1.54) is 23.6 Å². The Morgan fingerprint density at radius 1 is 1.53 bits per heavy atom. The van der Waals surface area contributed by atoms with E-state index in [-0.39, 0.29) is 23.6 Å². The summed E-state index contributed by atoms with van der Waals surface area (Å²) < 4.78 is 4.79. The molecular formula is C10H11NO5S. The monoisotopic (exact) mass is 257 g/mol. The summed E-state index contributed by atoms with van der Waals surface area (Å²) in [5.74, 6) is -2.27. The van der Waals surface area contributed by atoms with Gasteiger partial charge in [-0.3, -0.25) is 14.5 Å². The standard InChI is InChI=1S/C10H11NO5S/c1-4-7(10(14)15)11-8(13)6(9(11)17-4)3-16-5(2)12/h6,9H,3H2,1-2H3,(H,14,15)/t6?,9-/m1/s1. The van der Waals surface area contributed by atoms with Gasteiger partial charge in [0.2, 0.25) is 5.91 Å². The van der Waals surface area contributed by atoms with Crippen LogP contribution in [0.1, 0.15) is 13.8 Å². The summed E-state index contributed by atoms with van der Waals surface area (Å²) >= 11 is 1.33. The maximum absolute atomic E-state index is 11.7. The molecule has 2 rings (SSSR count). The lowest BCUT2D eigenvalue weighted by molar-refractivity contribution is -0.158. The van der Waals surface area contributed by atoms with Gasteiger partial charge < -0.3 is 9.84 Å². The SMILES string of the molecule is CC(=O)OCC1C(=O)N2C(C(=O)O)=C(C)S[C@H]12. The first-order chi connectivity index (χ1) is 7.93. The van der Waals surface area contributed by atoms with Crippen molar-refractivity contribution in [3.63, 3.8) is 0 Å². The molecule has 0 aliphatic carbocycles. The molecule has 2 heterocycles. The highest BCUT2D eigenvalue weighted by Gasteiger charge is 2.55. The Hall–Kier alpha value is -1.50. The number of allylic oxidation sites excluding steroid dienone is 1. The molecule has 1 unspecified atom stereocenters. The second kappa shape index (κ2) is 4.06. The summed E-state index contributed by atoms with van der Waals surface area (Å²) in [5.41, 5.74) is 0.0454. The predicted octanol–water partition coefficient (Wildman–Crippen LogP) is 0.397. The van der Waals surface area contributed by atoms with Gasteiger partial charge in [0.25, 0.3) is 0 Å². The van der Waals surface area contributed by atoms with Crippen LogP contribution in [-0.4, -0.2) is 39.8 Å². The van der Waals surface area contributed by atoms with Crippen molar-refractivity contribution in [3.05, 3.63) is 10.6 Å². The minimum absolute atomic E-state index is 0.0164. The number of hydrogen-bond donors (Lipinski definition) is 1. The topological polar surface area (TPSA) is 83.9 Å². The number of rotatable bonds is 3. The first-order valence-corrected chi connectivity index (χ1v) is 5.88. The lowest BCUT2D eigenvalue weighted by Gasteiger charge is -2.41. The molecule has 0 radical (unpaired) electrons. The predicted molar refractivity (Wildman–Crippen MR) is 58.7 cm³/mol. The van der Waals surface area contributed by atoms with Crippen molar-refractivity contribution < 1.29 is 24.2 Å². The van der Waals surface area contributed by atoms with Crippen LogP contribution in [0.25, 0.3) is 0 Å². The van der Waals surface area contributed by atoms with Gasteiger partial charge in [0.05, 0.1) is 0 Å². The van der Waals surface area contributed by atoms with Crippen LogP contribution < -0.4 is 0 Å². The van der Waals surface area contributed by atoms with E-state index in [1.807, 2.05) is 0 Å². The summed E-state index contributed by atoms with van der Waals surface area (Å²) in [6.07, 6.45) is 0. The quantitative estimate of drug-likeness (QED) is 0.582. The molecule has 1 fully saturated rings. The third-order valence-corrected chi connectivity index (χ3v) is 4.02.